The molecule has 1 amide bonds. The Balaban J connectivity index is 0.00000280. The molecule has 1 aliphatic rings. The van der Waals surface area contributed by atoms with E-state index in [-0.39, 0.29) is 30.1 Å². The minimum absolute atomic E-state index is 0. The van der Waals surface area contributed by atoms with Gasteiger partial charge in [-0.1, -0.05) is 6.92 Å². The molecule has 0 bridgehead atoms. The second kappa shape index (κ2) is 10.7. The molecule has 0 radical (unpaired) electrons. The average Bonchev–Trinajstić information content (AvgIpc) is 3.16. The van der Waals surface area contributed by atoms with Crippen LogP contribution in [0.4, 0.5) is 8.78 Å². The number of nitrogens with zero attached hydrogens (tertiary/aromatic N) is 1. The number of halogens is 3. The zero-order chi connectivity index (χ0) is 19.2. The van der Waals surface area contributed by atoms with Gasteiger partial charge in [0.05, 0.1) is 4.88 Å². The number of amides is 1. The first-order chi connectivity index (χ1) is 13.1. The third-order valence-electron chi connectivity index (χ3n) is 4.66. The van der Waals surface area contributed by atoms with Crippen LogP contribution in [0.5, 0.6) is 5.75 Å². The van der Waals surface area contributed by atoms with E-state index in [1.807, 2.05) is 17.0 Å². The molecule has 2 heterocycles. The van der Waals surface area contributed by atoms with Crippen LogP contribution in [0, 0.1) is 0 Å². The monoisotopic (exact) mass is 430 g/mol. The number of alkyl halides is 2. The van der Waals surface area contributed by atoms with Gasteiger partial charge in [0.1, 0.15) is 5.75 Å². The molecule has 0 atom stereocenters. The van der Waals surface area contributed by atoms with Gasteiger partial charge < -0.3 is 15.0 Å². The summed E-state index contributed by atoms with van der Waals surface area (Å²) >= 11 is 1.44. The van der Waals surface area contributed by atoms with Gasteiger partial charge in [-0.2, -0.15) is 8.78 Å². The summed E-state index contributed by atoms with van der Waals surface area (Å²) in [5, 5.41) is 3.34. The topological polar surface area (TPSA) is 41.6 Å². The smallest absolute Gasteiger partial charge is 0.387 e. The molecule has 1 saturated heterocycles. The van der Waals surface area contributed by atoms with Crippen molar-refractivity contribution in [2.24, 2.45) is 0 Å². The lowest BCUT2D eigenvalue weighted by atomic mass is 10.0. The number of hydrogen-bond acceptors (Lipinski definition) is 4. The van der Waals surface area contributed by atoms with E-state index in [0.717, 1.165) is 49.3 Å². The molecule has 154 valence electrons. The standard InChI is InChI=1S/C20H24F2N2O2S.ClH/c1-2-13-24(15-9-11-23-12-10-15)19(25)18-8-7-17(27-18)14-3-5-16(6-4-14)26-20(21)22;/h3-8,15,20,23H,2,9-13H2,1H3;1H. The van der Waals surface area contributed by atoms with E-state index in [4.69, 9.17) is 0 Å². The molecule has 3 rings (SSSR count). The SMILES string of the molecule is CCCN(C(=O)c1ccc(-c2ccc(OC(F)F)cc2)s1)C1CCNCC1.Cl. The summed E-state index contributed by atoms with van der Waals surface area (Å²) in [5.41, 5.74) is 0.879. The number of carbonyl (C=O) groups excluding carboxylic acids is 1. The van der Waals surface area contributed by atoms with Crippen LogP contribution >= 0.6 is 23.7 Å². The molecule has 28 heavy (non-hydrogen) atoms. The van der Waals surface area contributed by atoms with Crippen LogP contribution in [0.1, 0.15) is 35.9 Å². The minimum Gasteiger partial charge on any atom is -0.435 e. The molecule has 0 saturated carbocycles. The molecule has 1 aromatic heterocycles. The third-order valence-corrected chi connectivity index (χ3v) is 5.78. The summed E-state index contributed by atoms with van der Waals surface area (Å²) in [7, 11) is 0. The summed E-state index contributed by atoms with van der Waals surface area (Å²) < 4.78 is 28.9. The van der Waals surface area contributed by atoms with Crippen molar-refractivity contribution >= 4 is 29.7 Å². The van der Waals surface area contributed by atoms with Gasteiger partial charge in [-0.05, 0) is 74.3 Å². The molecule has 8 heteroatoms. The van der Waals surface area contributed by atoms with E-state index >= 15 is 0 Å². The molecule has 1 N–H and O–H groups in total. The highest BCUT2D eigenvalue weighted by Gasteiger charge is 2.26. The zero-order valence-electron chi connectivity index (χ0n) is 15.7. The highest BCUT2D eigenvalue weighted by Crippen LogP contribution is 2.31. The largest absolute Gasteiger partial charge is 0.435 e. The Morgan fingerprint density at radius 2 is 1.89 bits per heavy atom. The number of hydrogen-bond donors (Lipinski definition) is 1. The zero-order valence-corrected chi connectivity index (χ0v) is 17.3. The number of nitrogens with one attached hydrogen (secondary N) is 1. The predicted molar refractivity (Wildman–Crippen MR) is 111 cm³/mol. The average molecular weight is 431 g/mol. The van der Waals surface area contributed by atoms with Gasteiger partial charge in [0, 0.05) is 17.5 Å². The van der Waals surface area contributed by atoms with Crippen LogP contribution in [0.3, 0.4) is 0 Å². The molecule has 0 spiro atoms. The molecule has 1 aliphatic heterocycles. The van der Waals surface area contributed by atoms with Gasteiger partial charge in [-0.3, -0.25) is 4.79 Å². The fraction of sp³-hybridized carbons (Fsp3) is 0.450. The van der Waals surface area contributed by atoms with Crippen molar-refractivity contribution in [3.63, 3.8) is 0 Å². The minimum atomic E-state index is -2.83. The van der Waals surface area contributed by atoms with Crippen LogP contribution in [0.15, 0.2) is 36.4 Å². The fourth-order valence-corrected chi connectivity index (χ4v) is 4.33. The molecule has 0 unspecified atom stereocenters. The van der Waals surface area contributed by atoms with Gasteiger partial charge in [0.2, 0.25) is 0 Å². The number of piperidine rings is 1. The van der Waals surface area contributed by atoms with Crippen molar-refractivity contribution in [3.8, 4) is 16.2 Å². The van der Waals surface area contributed by atoms with Gasteiger partial charge >= 0.3 is 6.61 Å². The summed E-state index contributed by atoms with van der Waals surface area (Å²) in [4.78, 5) is 16.7. The summed E-state index contributed by atoms with van der Waals surface area (Å²) in [6, 6.07) is 10.5. The maximum Gasteiger partial charge on any atom is 0.387 e. The Bertz CT molecular complexity index is 749. The molecule has 2 aromatic rings. The Morgan fingerprint density at radius 1 is 1.21 bits per heavy atom. The van der Waals surface area contributed by atoms with Crippen molar-refractivity contribution in [1.29, 1.82) is 0 Å². The van der Waals surface area contributed by atoms with Gasteiger partial charge in [0.15, 0.2) is 0 Å². The molecular formula is C20H25ClF2N2O2S. The van der Waals surface area contributed by atoms with Crippen LogP contribution in [0.2, 0.25) is 0 Å². The van der Waals surface area contributed by atoms with Crippen molar-refractivity contribution in [3.05, 3.63) is 41.3 Å². The fourth-order valence-electron chi connectivity index (χ4n) is 3.36. The van der Waals surface area contributed by atoms with Crippen molar-refractivity contribution in [2.75, 3.05) is 19.6 Å². The molecule has 1 aromatic carbocycles. The summed E-state index contributed by atoms with van der Waals surface area (Å²) in [5.74, 6) is 0.208. The van der Waals surface area contributed by atoms with Gasteiger partial charge in [-0.15, -0.1) is 23.7 Å². The highest BCUT2D eigenvalue weighted by molar-refractivity contribution is 7.17. The lowest BCUT2D eigenvalue weighted by Gasteiger charge is -2.34. The molecule has 1 fully saturated rings. The quantitative estimate of drug-likeness (QED) is 0.668. The van der Waals surface area contributed by atoms with E-state index in [1.54, 1.807) is 12.1 Å². The Labute approximate surface area is 174 Å². The maximum atomic E-state index is 13.1. The summed E-state index contributed by atoms with van der Waals surface area (Å²) in [6.45, 7) is 1.91. The van der Waals surface area contributed by atoms with Gasteiger partial charge in [-0.25, -0.2) is 0 Å². The van der Waals surface area contributed by atoms with Crippen molar-refractivity contribution in [1.82, 2.24) is 10.2 Å². The van der Waals surface area contributed by atoms with Crippen LogP contribution in [-0.2, 0) is 0 Å². The number of thiophene rings is 1. The normalized spacial score (nSPS) is 14.6. The number of ether oxygens (including phenoxy) is 1. The number of carbonyl (C=O) groups is 1. The Kier molecular flexibility index (Phi) is 8.66. The second-order valence-electron chi connectivity index (χ2n) is 6.55. The lowest BCUT2D eigenvalue weighted by molar-refractivity contribution is -0.0498. The number of rotatable bonds is 7. The Hall–Kier alpha value is -1.70. The highest BCUT2D eigenvalue weighted by atomic mass is 35.5. The van der Waals surface area contributed by atoms with E-state index in [2.05, 4.69) is 17.0 Å². The van der Waals surface area contributed by atoms with E-state index in [1.165, 1.54) is 23.5 Å². The van der Waals surface area contributed by atoms with Crippen molar-refractivity contribution in [2.45, 2.75) is 38.8 Å². The first-order valence-corrected chi connectivity index (χ1v) is 10.1. The van der Waals surface area contributed by atoms with Crippen LogP contribution < -0.4 is 10.1 Å². The second-order valence-corrected chi connectivity index (χ2v) is 7.63. The van der Waals surface area contributed by atoms with Crippen LogP contribution in [0.25, 0.3) is 10.4 Å². The molecule has 4 nitrogen and oxygen atoms in total. The summed E-state index contributed by atoms with van der Waals surface area (Å²) in [6.07, 6.45) is 2.89. The lowest BCUT2D eigenvalue weighted by Crippen LogP contribution is -2.46. The van der Waals surface area contributed by atoms with E-state index in [9.17, 15) is 13.6 Å². The third kappa shape index (κ3) is 5.65. The maximum absolute atomic E-state index is 13.1. The van der Waals surface area contributed by atoms with E-state index in [0.29, 0.717) is 4.88 Å². The first-order valence-electron chi connectivity index (χ1n) is 9.25. The van der Waals surface area contributed by atoms with E-state index < -0.39 is 6.61 Å². The first kappa shape index (κ1) is 22.6. The molecular weight excluding hydrogens is 406 g/mol. The Morgan fingerprint density at radius 3 is 2.50 bits per heavy atom. The van der Waals surface area contributed by atoms with Crippen LogP contribution in [-0.4, -0.2) is 43.1 Å². The predicted octanol–water partition coefficient (Wildman–Crippen LogP) is 5.04. The van der Waals surface area contributed by atoms with Gasteiger partial charge in [0.25, 0.3) is 5.91 Å². The van der Waals surface area contributed by atoms with Crippen molar-refractivity contribution < 1.29 is 18.3 Å². The molecule has 0 aliphatic carbocycles. The number of benzene rings is 1.